The fourth-order valence-electron chi connectivity index (χ4n) is 2.91. The van der Waals surface area contributed by atoms with Crippen LogP contribution in [0.2, 0.25) is 10.0 Å². The van der Waals surface area contributed by atoms with E-state index < -0.39 is 0 Å². The Morgan fingerprint density at radius 3 is 2.56 bits per heavy atom. The van der Waals surface area contributed by atoms with E-state index in [0.717, 1.165) is 24.8 Å². The molecule has 1 amide bonds. The molecule has 1 fully saturated rings. The molecule has 1 aliphatic rings. The number of benzene rings is 1. The van der Waals surface area contributed by atoms with Crippen LogP contribution in [0, 0.1) is 0 Å². The molecular weight excluding hydrogens is 359 g/mol. The van der Waals surface area contributed by atoms with Gasteiger partial charge in [-0.2, -0.15) is 0 Å². The van der Waals surface area contributed by atoms with Crippen molar-refractivity contribution in [3.8, 4) is 0 Å². The first-order chi connectivity index (χ1) is 12.1. The van der Waals surface area contributed by atoms with Crippen LogP contribution in [0.4, 0.5) is 5.95 Å². The molecule has 5 nitrogen and oxygen atoms in total. The largest absolute Gasteiger partial charge is 0.354 e. The Kier molecular flexibility index (Phi) is 6.10. The summed E-state index contributed by atoms with van der Waals surface area (Å²) < 4.78 is 0. The molecule has 132 valence electrons. The maximum Gasteiger partial charge on any atom is 0.254 e. The molecule has 2 N–H and O–H groups in total. The number of hydrogen-bond acceptors (Lipinski definition) is 4. The van der Waals surface area contributed by atoms with Crippen molar-refractivity contribution in [3.63, 3.8) is 0 Å². The maximum absolute atomic E-state index is 12.1. The first kappa shape index (κ1) is 18.0. The van der Waals surface area contributed by atoms with Crippen molar-refractivity contribution >= 4 is 35.1 Å². The standard InChI is InChI=1S/C18H20Cl2N4O/c19-14-6-5-12(16(20)9-14)7-8-21-18-22-10-13(11-23-18)17(25)24-15-3-1-2-4-15/h5-6,9-11,15H,1-4,7-8H2,(H,24,25)(H,21,22,23). The number of carbonyl (C=O) groups is 1. The molecule has 1 aromatic heterocycles. The van der Waals surface area contributed by atoms with Gasteiger partial charge in [0.05, 0.1) is 5.56 Å². The second-order valence-electron chi connectivity index (χ2n) is 6.16. The quantitative estimate of drug-likeness (QED) is 0.793. The minimum absolute atomic E-state index is 0.105. The highest BCUT2D eigenvalue weighted by Gasteiger charge is 2.18. The lowest BCUT2D eigenvalue weighted by Crippen LogP contribution is -2.32. The van der Waals surface area contributed by atoms with Gasteiger partial charge in [0.2, 0.25) is 5.95 Å². The number of hydrogen-bond donors (Lipinski definition) is 2. The average Bonchev–Trinajstić information content (AvgIpc) is 3.10. The van der Waals surface area contributed by atoms with Gasteiger partial charge in [-0.05, 0) is 37.0 Å². The Morgan fingerprint density at radius 1 is 1.16 bits per heavy atom. The Balaban J connectivity index is 1.49. The van der Waals surface area contributed by atoms with Gasteiger partial charge in [0, 0.05) is 35.0 Å². The summed E-state index contributed by atoms with van der Waals surface area (Å²) in [6, 6.07) is 5.74. The highest BCUT2D eigenvalue weighted by atomic mass is 35.5. The molecule has 0 spiro atoms. The monoisotopic (exact) mass is 378 g/mol. The molecule has 0 radical (unpaired) electrons. The second kappa shape index (κ2) is 8.50. The normalized spacial score (nSPS) is 14.5. The van der Waals surface area contributed by atoms with Crippen molar-refractivity contribution in [1.82, 2.24) is 15.3 Å². The van der Waals surface area contributed by atoms with E-state index in [1.807, 2.05) is 12.1 Å². The Labute approximate surface area is 157 Å². The van der Waals surface area contributed by atoms with Gasteiger partial charge >= 0.3 is 0 Å². The van der Waals surface area contributed by atoms with Crippen LogP contribution in [-0.4, -0.2) is 28.5 Å². The summed E-state index contributed by atoms with van der Waals surface area (Å²) >= 11 is 12.0. The predicted molar refractivity (Wildman–Crippen MR) is 100 cm³/mol. The predicted octanol–water partition coefficient (Wildman–Crippen LogP) is 4.11. The molecule has 0 saturated heterocycles. The Hall–Kier alpha value is -1.85. The third kappa shape index (κ3) is 5.06. The lowest BCUT2D eigenvalue weighted by molar-refractivity contribution is 0.0937. The lowest BCUT2D eigenvalue weighted by Gasteiger charge is -2.11. The molecule has 0 aliphatic heterocycles. The van der Waals surface area contributed by atoms with Crippen molar-refractivity contribution in [2.75, 3.05) is 11.9 Å². The van der Waals surface area contributed by atoms with Gasteiger partial charge in [0.1, 0.15) is 0 Å². The molecule has 0 unspecified atom stereocenters. The topological polar surface area (TPSA) is 66.9 Å². The van der Waals surface area contributed by atoms with E-state index in [1.165, 1.54) is 12.8 Å². The van der Waals surface area contributed by atoms with Crippen LogP contribution < -0.4 is 10.6 Å². The molecular formula is C18H20Cl2N4O. The maximum atomic E-state index is 12.1. The molecule has 1 aromatic carbocycles. The summed E-state index contributed by atoms with van der Waals surface area (Å²) in [5.41, 5.74) is 1.49. The number of carbonyl (C=O) groups excluding carboxylic acids is 1. The van der Waals surface area contributed by atoms with Gasteiger partial charge < -0.3 is 10.6 Å². The van der Waals surface area contributed by atoms with Crippen molar-refractivity contribution in [2.24, 2.45) is 0 Å². The average molecular weight is 379 g/mol. The fourth-order valence-corrected chi connectivity index (χ4v) is 3.41. The summed E-state index contributed by atoms with van der Waals surface area (Å²) in [4.78, 5) is 20.5. The van der Waals surface area contributed by atoms with Crippen molar-refractivity contribution in [2.45, 2.75) is 38.1 Å². The lowest BCUT2D eigenvalue weighted by atomic mass is 10.1. The summed E-state index contributed by atoms with van der Waals surface area (Å²) in [5.74, 6) is 0.383. The summed E-state index contributed by atoms with van der Waals surface area (Å²) in [6.45, 7) is 0.634. The zero-order chi connectivity index (χ0) is 17.6. The van der Waals surface area contributed by atoms with Crippen molar-refractivity contribution in [1.29, 1.82) is 0 Å². The van der Waals surface area contributed by atoms with Crippen LogP contribution in [-0.2, 0) is 6.42 Å². The van der Waals surface area contributed by atoms with Crippen molar-refractivity contribution < 1.29 is 4.79 Å². The van der Waals surface area contributed by atoms with Gasteiger partial charge in [0.15, 0.2) is 0 Å². The highest BCUT2D eigenvalue weighted by Crippen LogP contribution is 2.21. The van der Waals surface area contributed by atoms with Crippen LogP contribution in [0.1, 0.15) is 41.6 Å². The number of amides is 1. The van der Waals surface area contributed by atoms with Gasteiger partial charge in [-0.3, -0.25) is 4.79 Å². The van der Waals surface area contributed by atoms with Gasteiger partial charge in [-0.1, -0.05) is 42.1 Å². The fraction of sp³-hybridized carbons (Fsp3) is 0.389. The minimum Gasteiger partial charge on any atom is -0.354 e. The number of halogens is 2. The van der Waals surface area contributed by atoms with Crippen LogP contribution in [0.5, 0.6) is 0 Å². The number of anilines is 1. The number of nitrogens with one attached hydrogen (secondary N) is 2. The molecule has 2 aromatic rings. The van der Waals surface area contributed by atoms with E-state index >= 15 is 0 Å². The number of rotatable bonds is 6. The number of aromatic nitrogens is 2. The molecule has 25 heavy (non-hydrogen) atoms. The molecule has 7 heteroatoms. The van der Waals surface area contributed by atoms with Gasteiger partial charge in [-0.15, -0.1) is 0 Å². The SMILES string of the molecule is O=C(NC1CCCC1)c1cnc(NCCc2ccc(Cl)cc2Cl)nc1. The van der Waals surface area contributed by atoms with E-state index in [0.29, 0.717) is 28.1 Å². The first-order valence-electron chi connectivity index (χ1n) is 8.42. The van der Waals surface area contributed by atoms with Crippen LogP contribution in [0.15, 0.2) is 30.6 Å². The van der Waals surface area contributed by atoms with E-state index in [9.17, 15) is 4.79 Å². The zero-order valence-corrected chi connectivity index (χ0v) is 15.3. The minimum atomic E-state index is -0.105. The van der Waals surface area contributed by atoms with Crippen LogP contribution >= 0.6 is 23.2 Å². The van der Waals surface area contributed by atoms with Crippen molar-refractivity contribution in [3.05, 3.63) is 51.8 Å². The zero-order valence-electron chi connectivity index (χ0n) is 13.8. The molecule has 1 saturated carbocycles. The summed E-state index contributed by atoms with van der Waals surface area (Å²) in [7, 11) is 0. The molecule has 1 heterocycles. The van der Waals surface area contributed by atoms with Gasteiger partial charge in [-0.25, -0.2) is 9.97 Å². The van der Waals surface area contributed by atoms with Crippen LogP contribution in [0.3, 0.4) is 0 Å². The number of nitrogens with zero attached hydrogens (tertiary/aromatic N) is 2. The molecule has 0 bridgehead atoms. The smallest absolute Gasteiger partial charge is 0.254 e. The Bertz CT molecular complexity index is 730. The third-order valence-electron chi connectivity index (χ3n) is 4.30. The summed E-state index contributed by atoms with van der Waals surface area (Å²) in [6.07, 6.45) is 8.30. The summed E-state index contributed by atoms with van der Waals surface area (Å²) in [5, 5.41) is 7.42. The van der Waals surface area contributed by atoms with E-state index in [1.54, 1.807) is 18.5 Å². The van der Waals surface area contributed by atoms with E-state index in [2.05, 4.69) is 20.6 Å². The molecule has 0 atom stereocenters. The highest BCUT2D eigenvalue weighted by molar-refractivity contribution is 6.35. The van der Waals surface area contributed by atoms with Crippen LogP contribution in [0.25, 0.3) is 0 Å². The van der Waals surface area contributed by atoms with Gasteiger partial charge in [0.25, 0.3) is 5.91 Å². The van der Waals surface area contributed by atoms with E-state index in [4.69, 9.17) is 23.2 Å². The molecule has 1 aliphatic carbocycles. The first-order valence-corrected chi connectivity index (χ1v) is 9.18. The van der Waals surface area contributed by atoms with E-state index in [-0.39, 0.29) is 11.9 Å². The third-order valence-corrected chi connectivity index (χ3v) is 4.88. The Morgan fingerprint density at radius 2 is 1.88 bits per heavy atom. The second-order valence-corrected chi connectivity index (χ2v) is 7.01. The molecule has 3 rings (SSSR count).